The Hall–Kier alpha value is -1.22. The SMILES string of the molecule is O=Cc1c2c(nc3c(Br)cccc13)CCC2. The molecule has 0 atom stereocenters. The molecular formula is C13H10BrNO. The van der Waals surface area contributed by atoms with Crippen molar-refractivity contribution in [1.82, 2.24) is 4.98 Å². The Morgan fingerprint density at radius 3 is 3.00 bits per heavy atom. The molecule has 0 bridgehead atoms. The van der Waals surface area contributed by atoms with Crippen molar-refractivity contribution in [3.8, 4) is 0 Å². The molecule has 80 valence electrons. The Kier molecular flexibility index (Phi) is 2.28. The van der Waals surface area contributed by atoms with E-state index in [1.54, 1.807) is 0 Å². The van der Waals surface area contributed by atoms with Crippen LogP contribution < -0.4 is 0 Å². The number of nitrogens with zero attached hydrogens (tertiary/aromatic N) is 1. The van der Waals surface area contributed by atoms with E-state index >= 15 is 0 Å². The number of halogens is 1. The Balaban J connectivity index is 2.48. The smallest absolute Gasteiger partial charge is 0.151 e. The van der Waals surface area contributed by atoms with Crippen LogP contribution in [0.1, 0.15) is 28.0 Å². The lowest BCUT2D eigenvalue weighted by Crippen LogP contribution is -1.97. The molecule has 1 aliphatic carbocycles. The van der Waals surface area contributed by atoms with E-state index in [0.29, 0.717) is 0 Å². The first-order valence-electron chi connectivity index (χ1n) is 5.36. The summed E-state index contributed by atoms with van der Waals surface area (Å²) in [5.41, 5.74) is 3.99. The second-order valence-corrected chi connectivity index (χ2v) is 4.91. The highest BCUT2D eigenvalue weighted by atomic mass is 79.9. The van der Waals surface area contributed by atoms with E-state index in [9.17, 15) is 4.79 Å². The number of para-hydroxylation sites is 1. The van der Waals surface area contributed by atoms with Gasteiger partial charge in [0.15, 0.2) is 6.29 Å². The van der Waals surface area contributed by atoms with Crippen LogP contribution in [0.2, 0.25) is 0 Å². The number of benzene rings is 1. The maximum absolute atomic E-state index is 11.2. The lowest BCUT2D eigenvalue weighted by Gasteiger charge is -2.08. The minimum absolute atomic E-state index is 0.832. The number of rotatable bonds is 1. The number of hydrogen-bond donors (Lipinski definition) is 0. The zero-order chi connectivity index (χ0) is 11.1. The van der Waals surface area contributed by atoms with Crippen LogP contribution in [0.25, 0.3) is 10.9 Å². The Bertz CT molecular complexity index is 592. The lowest BCUT2D eigenvalue weighted by molar-refractivity contribution is 0.112. The molecule has 2 nitrogen and oxygen atoms in total. The first-order chi connectivity index (χ1) is 7.81. The fourth-order valence-corrected chi connectivity index (χ4v) is 2.87. The summed E-state index contributed by atoms with van der Waals surface area (Å²) in [5.74, 6) is 0. The van der Waals surface area contributed by atoms with E-state index < -0.39 is 0 Å². The van der Waals surface area contributed by atoms with Crippen LogP contribution in [0.5, 0.6) is 0 Å². The number of pyridine rings is 1. The topological polar surface area (TPSA) is 30.0 Å². The molecule has 0 aliphatic heterocycles. The third-order valence-electron chi connectivity index (χ3n) is 3.16. The predicted octanol–water partition coefficient (Wildman–Crippen LogP) is 3.30. The summed E-state index contributed by atoms with van der Waals surface area (Å²) in [6, 6.07) is 5.88. The third-order valence-corrected chi connectivity index (χ3v) is 3.80. The molecule has 0 saturated heterocycles. The van der Waals surface area contributed by atoms with Gasteiger partial charge < -0.3 is 0 Å². The van der Waals surface area contributed by atoms with Gasteiger partial charge in [-0.15, -0.1) is 0 Å². The molecule has 1 aromatic heterocycles. The van der Waals surface area contributed by atoms with Crippen LogP contribution in [0.15, 0.2) is 22.7 Å². The molecule has 1 aliphatic rings. The maximum Gasteiger partial charge on any atom is 0.151 e. The number of aryl methyl sites for hydroxylation is 1. The van der Waals surface area contributed by atoms with Crippen LogP contribution in [-0.4, -0.2) is 11.3 Å². The average molecular weight is 276 g/mol. The maximum atomic E-state index is 11.2. The van der Waals surface area contributed by atoms with Crippen LogP contribution in [-0.2, 0) is 12.8 Å². The Labute approximate surface area is 102 Å². The minimum Gasteiger partial charge on any atom is -0.298 e. The molecule has 1 aromatic carbocycles. The number of aromatic nitrogens is 1. The fourth-order valence-electron chi connectivity index (χ4n) is 2.42. The molecular weight excluding hydrogens is 266 g/mol. The van der Waals surface area contributed by atoms with Crippen molar-refractivity contribution < 1.29 is 4.79 Å². The quantitative estimate of drug-likeness (QED) is 0.748. The molecule has 3 heteroatoms. The molecule has 0 amide bonds. The first-order valence-corrected chi connectivity index (χ1v) is 6.15. The van der Waals surface area contributed by atoms with Crippen molar-refractivity contribution in [2.24, 2.45) is 0 Å². The van der Waals surface area contributed by atoms with E-state index in [2.05, 4.69) is 20.9 Å². The fraction of sp³-hybridized carbons (Fsp3) is 0.231. The zero-order valence-electron chi connectivity index (χ0n) is 8.66. The largest absolute Gasteiger partial charge is 0.298 e. The van der Waals surface area contributed by atoms with E-state index in [1.807, 2.05) is 18.2 Å². The molecule has 2 aromatic rings. The Morgan fingerprint density at radius 2 is 2.19 bits per heavy atom. The van der Waals surface area contributed by atoms with Crippen molar-refractivity contribution in [3.05, 3.63) is 39.5 Å². The third kappa shape index (κ3) is 1.31. The van der Waals surface area contributed by atoms with Gasteiger partial charge in [0.1, 0.15) is 0 Å². The second-order valence-electron chi connectivity index (χ2n) is 4.06. The van der Waals surface area contributed by atoms with E-state index in [-0.39, 0.29) is 0 Å². The summed E-state index contributed by atoms with van der Waals surface area (Å²) < 4.78 is 0.961. The summed E-state index contributed by atoms with van der Waals surface area (Å²) in [4.78, 5) is 15.9. The summed E-state index contributed by atoms with van der Waals surface area (Å²) >= 11 is 3.49. The van der Waals surface area contributed by atoms with Crippen molar-refractivity contribution >= 4 is 33.1 Å². The number of fused-ring (bicyclic) bond motifs is 2. The van der Waals surface area contributed by atoms with Gasteiger partial charge in [0, 0.05) is 21.1 Å². The normalized spacial score (nSPS) is 14.1. The van der Waals surface area contributed by atoms with Gasteiger partial charge in [-0.1, -0.05) is 12.1 Å². The molecule has 0 radical (unpaired) electrons. The predicted molar refractivity (Wildman–Crippen MR) is 66.9 cm³/mol. The molecule has 0 unspecified atom stereocenters. The van der Waals surface area contributed by atoms with Gasteiger partial charge in [-0.25, -0.2) is 0 Å². The van der Waals surface area contributed by atoms with Gasteiger partial charge in [0.2, 0.25) is 0 Å². The molecule has 0 N–H and O–H groups in total. The van der Waals surface area contributed by atoms with Gasteiger partial charge in [0.05, 0.1) is 5.52 Å². The van der Waals surface area contributed by atoms with E-state index in [4.69, 9.17) is 0 Å². The summed E-state index contributed by atoms with van der Waals surface area (Å²) in [6.07, 6.45) is 4.06. The highest BCUT2D eigenvalue weighted by Gasteiger charge is 2.19. The number of hydrogen-bond acceptors (Lipinski definition) is 2. The Morgan fingerprint density at radius 1 is 1.31 bits per heavy atom. The van der Waals surface area contributed by atoms with E-state index in [0.717, 1.165) is 57.7 Å². The van der Waals surface area contributed by atoms with Gasteiger partial charge >= 0.3 is 0 Å². The summed E-state index contributed by atoms with van der Waals surface area (Å²) in [5, 5.41) is 0.963. The molecule has 0 spiro atoms. The first kappa shape index (κ1) is 9.97. The average Bonchev–Trinajstić information content (AvgIpc) is 2.75. The molecule has 0 fully saturated rings. The highest BCUT2D eigenvalue weighted by molar-refractivity contribution is 9.10. The molecule has 16 heavy (non-hydrogen) atoms. The number of carbonyl (C=O) groups excluding carboxylic acids is 1. The van der Waals surface area contributed by atoms with Crippen LogP contribution in [0.3, 0.4) is 0 Å². The molecule has 3 rings (SSSR count). The van der Waals surface area contributed by atoms with Gasteiger partial charge in [-0.2, -0.15) is 0 Å². The summed E-state index contributed by atoms with van der Waals surface area (Å²) in [7, 11) is 0. The monoisotopic (exact) mass is 275 g/mol. The summed E-state index contributed by atoms with van der Waals surface area (Å²) in [6.45, 7) is 0. The van der Waals surface area contributed by atoms with Crippen molar-refractivity contribution in [2.45, 2.75) is 19.3 Å². The molecule has 0 saturated carbocycles. The van der Waals surface area contributed by atoms with Crippen molar-refractivity contribution in [3.63, 3.8) is 0 Å². The number of carbonyl (C=O) groups is 1. The minimum atomic E-state index is 0.832. The van der Waals surface area contributed by atoms with Crippen molar-refractivity contribution in [1.29, 1.82) is 0 Å². The van der Waals surface area contributed by atoms with Crippen LogP contribution >= 0.6 is 15.9 Å². The molecule has 1 heterocycles. The van der Waals surface area contributed by atoms with E-state index in [1.165, 1.54) is 0 Å². The number of aldehydes is 1. The highest BCUT2D eigenvalue weighted by Crippen LogP contribution is 2.31. The van der Waals surface area contributed by atoms with Crippen LogP contribution in [0.4, 0.5) is 0 Å². The van der Waals surface area contributed by atoms with Gasteiger partial charge in [-0.3, -0.25) is 9.78 Å². The van der Waals surface area contributed by atoms with Gasteiger partial charge in [0.25, 0.3) is 0 Å². The second kappa shape index (κ2) is 3.67. The zero-order valence-corrected chi connectivity index (χ0v) is 10.3. The lowest BCUT2D eigenvalue weighted by atomic mass is 10.0. The van der Waals surface area contributed by atoms with Gasteiger partial charge in [-0.05, 0) is 46.8 Å². The van der Waals surface area contributed by atoms with Crippen molar-refractivity contribution in [2.75, 3.05) is 0 Å². The standard InChI is InChI=1S/C13H10BrNO/c14-11-5-1-4-9-10(7-16)8-3-2-6-12(8)15-13(9)11/h1,4-5,7H,2-3,6H2. The van der Waals surface area contributed by atoms with Crippen LogP contribution in [0, 0.1) is 0 Å².